The topological polar surface area (TPSA) is 50.9 Å². The maximum atomic E-state index is 12.5. The molecule has 0 amide bonds. The Bertz CT molecular complexity index is 3480. The van der Waals surface area contributed by atoms with Crippen molar-refractivity contribution in [1.29, 1.82) is 0 Å². The quantitative estimate of drug-likeness (QED) is 0.141. The van der Waals surface area contributed by atoms with Gasteiger partial charge in [-0.2, -0.15) is 0 Å². The Morgan fingerprint density at radius 3 is 1.74 bits per heavy atom. The van der Waals surface area contributed by atoms with E-state index in [1.807, 2.05) is 32.2 Å². The molecule has 4 nitrogen and oxygen atoms in total. The van der Waals surface area contributed by atoms with Gasteiger partial charge in [0.15, 0.2) is 0 Å². The van der Waals surface area contributed by atoms with Crippen LogP contribution in [-0.2, 0) is 0 Å². The molecule has 0 saturated carbocycles. The summed E-state index contributed by atoms with van der Waals surface area (Å²) in [5.41, 5.74) is 20.1. The van der Waals surface area contributed by atoms with Crippen molar-refractivity contribution in [3.8, 4) is 89.7 Å². The summed E-state index contributed by atoms with van der Waals surface area (Å²) in [6.07, 6.45) is 1.88. The smallest absolute Gasteiger partial charge is 0.149 e. The normalized spacial score (nSPS) is 12.0. The number of para-hydroxylation sites is 1. The number of hydrogen-bond acceptors (Lipinski definition) is 3. The van der Waals surface area contributed by atoms with E-state index in [1.165, 1.54) is 5.56 Å². The monoisotopic (exact) mass is 884 g/mol. The summed E-state index contributed by atoms with van der Waals surface area (Å²) in [6.45, 7) is 14.7. The van der Waals surface area contributed by atoms with E-state index in [1.54, 1.807) is 0 Å². The molecule has 0 aliphatic rings. The maximum absolute atomic E-state index is 12.5. The highest BCUT2D eigenvalue weighted by molar-refractivity contribution is 5.99. The molecule has 0 fully saturated rings. The zero-order chi connectivity index (χ0) is 48.0. The Hall–Kier alpha value is -7.82. The molecule has 0 spiro atoms. The molecule has 68 heavy (non-hydrogen) atoms. The van der Waals surface area contributed by atoms with E-state index in [4.69, 9.17) is 11.3 Å². The van der Waals surface area contributed by atoms with Crippen LogP contribution in [0.4, 0.5) is 0 Å². The lowest BCUT2D eigenvalue weighted by atomic mass is 9.91. The van der Waals surface area contributed by atoms with Crippen LogP contribution in [0, 0.1) is 6.92 Å². The van der Waals surface area contributed by atoms with Crippen molar-refractivity contribution in [1.82, 2.24) is 14.5 Å². The second kappa shape index (κ2) is 18.5. The van der Waals surface area contributed by atoms with Crippen molar-refractivity contribution in [2.45, 2.75) is 66.2 Å². The first-order valence-corrected chi connectivity index (χ1v) is 23.7. The molecular formula is C64H57N3O. The minimum absolute atomic E-state index is 0.0841. The van der Waals surface area contributed by atoms with Crippen LogP contribution in [0.15, 0.2) is 194 Å². The Morgan fingerprint density at radius 1 is 0.471 bits per heavy atom. The Balaban J connectivity index is 1.26. The number of aromatic nitrogens is 3. The van der Waals surface area contributed by atoms with Gasteiger partial charge in [-0.1, -0.05) is 175 Å². The Kier molecular flexibility index (Phi) is 11.6. The molecule has 4 heteroatoms. The number of fused-ring (bicyclic) bond motifs is 1. The molecule has 1 N–H and O–H groups in total. The van der Waals surface area contributed by atoms with Crippen LogP contribution in [0.25, 0.3) is 95.0 Å². The Labute approximate surface area is 402 Å². The third-order valence-electron chi connectivity index (χ3n) is 13.3. The summed E-state index contributed by atoms with van der Waals surface area (Å²) in [5, 5.41) is 12.5. The lowest BCUT2D eigenvalue weighted by Crippen LogP contribution is -2.04. The van der Waals surface area contributed by atoms with Crippen LogP contribution in [0.5, 0.6) is 5.75 Å². The van der Waals surface area contributed by atoms with Crippen molar-refractivity contribution in [2.75, 3.05) is 0 Å². The number of benzene rings is 8. The number of aromatic hydroxyl groups is 1. The van der Waals surface area contributed by atoms with Crippen molar-refractivity contribution in [3.63, 3.8) is 0 Å². The van der Waals surface area contributed by atoms with Gasteiger partial charge >= 0.3 is 0 Å². The first kappa shape index (κ1) is 42.8. The van der Waals surface area contributed by atoms with Gasteiger partial charge in [0.05, 0.1) is 28.0 Å². The molecular weight excluding hydrogens is 827 g/mol. The predicted octanol–water partition coefficient (Wildman–Crippen LogP) is 17.5. The van der Waals surface area contributed by atoms with Gasteiger partial charge < -0.3 is 5.11 Å². The van der Waals surface area contributed by atoms with E-state index in [-0.39, 0.29) is 17.6 Å². The van der Waals surface area contributed by atoms with Crippen molar-refractivity contribution in [2.24, 2.45) is 0 Å². The minimum atomic E-state index is -0.680. The summed E-state index contributed by atoms with van der Waals surface area (Å²) >= 11 is 0. The lowest BCUT2D eigenvalue weighted by Gasteiger charge is -2.21. The molecule has 10 aromatic rings. The van der Waals surface area contributed by atoms with Gasteiger partial charge in [0, 0.05) is 24.3 Å². The van der Waals surface area contributed by atoms with E-state index in [0.29, 0.717) is 11.4 Å². The second-order valence-corrected chi connectivity index (χ2v) is 18.8. The number of phenols is 1. The fourth-order valence-electron chi connectivity index (χ4n) is 9.53. The first-order valence-electron chi connectivity index (χ1n) is 24.2. The summed E-state index contributed by atoms with van der Waals surface area (Å²) < 4.78 is 10.8. The highest BCUT2D eigenvalue weighted by Gasteiger charge is 2.26. The number of phenolic OH excluding ortho intramolecular Hbond substituents is 1. The van der Waals surface area contributed by atoms with Crippen LogP contribution < -0.4 is 0 Å². The molecule has 10 rings (SSSR count). The largest absolute Gasteiger partial charge is 0.507 e. The van der Waals surface area contributed by atoms with Gasteiger partial charge in [0.25, 0.3) is 0 Å². The van der Waals surface area contributed by atoms with Crippen LogP contribution in [0.1, 0.15) is 82.9 Å². The summed E-state index contributed by atoms with van der Waals surface area (Å²) in [6, 6.07) is 66.3. The number of imidazole rings is 1. The number of hydrogen-bond donors (Lipinski definition) is 1. The molecule has 2 heterocycles. The SMILES string of the molecule is [2H]C(C)(C)c1ccc(-c2ccnc(-c3cc(-c4ccccc4)cc(-c4cccc5c4nc(-c4cc(C(C)C)cc(C(C)C)c4O)n5-c4cc(-c5ccccc5)c(C)cc4-c4ccccc4)c3)c2)cc1. The van der Waals surface area contributed by atoms with Gasteiger partial charge in [-0.15, -0.1) is 0 Å². The van der Waals surface area contributed by atoms with Crippen LogP contribution in [-0.4, -0.2) is 19.6 Å². The molecule has 334 valence electrons. The third kappa shape index (κ3) is 8.43. The van der Waals surface area contributed by atoms with E-state index >= 15 is 0 Å². The number of rotatable bonds is 11. The molecule has 0 atom stereocenters. The van der Waals surface area contributed by atoms with Crippen molar-refractivity contribution >= 4 is 11.0 Å². The average Bonchev–Trinajstić information content (AvgIpc) is 3.76. The lowest BCUT2D eigenvalue weighted by molar-refractivity contribution is 0.466. The van der Waals surface area contributed by atoms with Crippen molar-refractivity contribution < 1.29 is 6.48 Å². The number of nitrogens with zero attached hydrogens (tertiary/aromatic N) is 3. The predicted molar refractivity (Wildman–Crippen MR) is 286 cm³/mol. The van der Waals surface area contributed by atoms with Gasteiger partial charge in [0.1, 0.15) is 11.6 Å². The van der Waals surface area contributed by atoms with E-state index in [0.717, 1.165) is 100 Å². The van der Waals surface area contributed by atoms with Crippen molar-refractivity contribution in [3.05, 3.63) is 217 Å². The van der Waals surface area contributed by atoms with E-state index < -0.39 is 5.89 Å². The average molecular weight is 885 g/mol. The van der Waals surface area contributed by atoms with Gasteiger partial charge in [-0.3, -0.25) is 9.55 Å². The van der Waals surface area contributed by atoms with Crippen LogP contribution in [0.3, 0.4) is 0 Å². The fraction of sp³-hybridized carbons (Fsp3) is 0.156. The Morgan fingerprint density at radius 2 is 1.09 bits per heavy atom. The second-order valence-electron chi connectivity index (χ2n) is 18.8. The first-order chi connectivity index (χ1) is 33.3. The highest BCUT2D eigenvalue weighted by Crippen LogP contribution is 2.45. The molecule has 2 aromatic heterocycles. The summed E-state index contributed by atoms with van der Waals surface area (Å²) in [4.78, 5) is 10.7. The zero-order valence-corrected chi connectivity index (χ0v) is 39.9. The van der Waals surface area contributed by atoms with E-state index in [2.05, 4.69) is 215 Å². The van der Waals surface area contributed by atoms with Crippen LogP contribution in [0.2, 0.25) is 0 Å². The maximum Gasteiger partial charge on any atom is 0.149 e. The summed E-state index contributed by atoms with van der Waals surface area (Å²) in [7, 11) is 0. The number of pyridine rings is 1. The molecule has 0 radical (unpaired) electrons. The van der Waals surface area contributed by atoms with Gasteiger partial charge in [-0.05, 0) is 146 Å². The fourth-order valence-corrected chi connectivity index (χ4v) is 9.53. The summed E-state index contributed by atoms with van der Waals surface area (Å²) in [5.74, 6) is 0.552. The highest BCUT2D eigenvalue weighted by atomic mass is 16.3. The van der Waals surface area contributed by atoms with Gasteiger partial charge in [0.2, 0.25) is 0 Å². The minimum Gasteiger partial charge on any atom is -0.507 e. The molecule has 0 bridgehead atoms. The van der Waals surface area contributed by atoms with Crippen LogP contribution >= 0.6 is 0 Å². The third-order valence-corrected chi connectivity index (χ3v) is 13.3. The molecule has 0 unspecified atom stereocenters. The molecule has 0 saturated heterocycles. The van der Waals surface area contributed by atoms with Gasteiger partial charge in [-0.25, -0.2) is 4.98 Å². The molecule has 0 aliphatic carbocycles. The zero-order valence-electron chi connectivity index (χ0n) is 40.9. The standard InChI is InChI=1S/C64H57N3O/c1-40(2)44-26-28-46(29-27-44)49-30-31-65-59(38-49)53-34-51(45-18-11-8-12-19-45)33-52(35-53)54-24-17-25-60-62(54)66-64(58-37-50(41(3)4)36-55(42(5)6)63(58)68)67(60)61-39-56(47-20-13-9-14-21-47)43(7)32-57(61)48-22-15-10-16-23-48/h8-42,68H,1-7H3/i40D. The molecule has 0 aliphatic heterocycles. The molecule has 8 aromatic carbocycles. The number of aryl methyl sites for hydroxylation is 1. The van der Waals surface area contributed by atoms with E-state index in [9.17, 15) is 5.11 Å².